The Balaban J connectivity index is 3.12. The van der Waals surface area contributed by atoms with Crippen LogP contribution in [0.4, 0.5) is 0 Å². The number of carboxylic acid groups (broad SMARTS) is 1. The van der Waals surface area contributed by atoms with E-state index in [0.29, 0.717) is 10.0 Å². The van der Waals surface area contributed by atoms with Gasteiger partial charge in [0.05, 0.1) is 17.2 Å². The molecule has 1 aromatic rings. The number of halogens is 1. The molecule has 1 atom stereocenters. The standard InChI is InChI=1S/C12H17BrN2O4S/c1-12(2,3)20(18,19)15-10(5-11(16)17)8-4-9(13)7-14-6-8/h4,6-7,10,15H,5H2,1-3H3,(H,16,17)/t10-/m1/s1. The summed E-state index contributed by atoms with van der Waals surface area (Å²) in [5.41, 5.74) is 0.495. The Morgan fingerprint density at radius 3 is 2.50 bits per heavy atom. The van der Waals surface area contributed by atoms with Crippen LogP contribution in [0, 0.1) is 0 Å². The van der Waals surface area contributed by atoms with Gasteiger partial charge in [0.1, 0.15) is 0 Å². The van der Waals surface area contributed by atoms with Crippen LogP contribution in [0.2, 0.25) is 0 Å². The van der Waals surface area contributed by atoms with Gasteiger partial charge in [0.25, 0.3) is 0 Å². The minimum Gasteiger partial charge on any atom is -0.481 e. The van der Waals surface area contributed by atoms with E-state index in [1.54, 1.807) is 33.0 Å². The fraction of sp³-hybridized carbons (Fsp3) is 0.500. The number of aromatic nitrogens is 1. The van der Waals surface area contributed by atoms with Gasteiger partial charge in [0.2, 0.25) is 10.0 Å². The van der Waals surface area contributed by atoms with Gasteiger partial charge in [0.15, 0.2) is 0 Å². The molecular weight excluding hydrogens is 348 g/mol. The van der Waals surface area contributed by atoms with Gasteiger partial charge in [-0.1, -0.05) is 0 Å². The third kappa shape index (κ3) is 4.53. The van der Waals surface area contributed by atoms with E-state index in [-0.39, 0.29) is 6.42 Å². The van der Waals surface area contributed by atoms with Gasteiger partial charge in [-0.3, -0.25) is 9.78 Å². The lowest BCUT2D eigenvalue weighted by Crippen LogP contribution is -2.41. The normalized spacial score (nSPS) is 14.0. The maximum atomic E-state index is 12.2. The second-order valence-electron chi connectivity index (χ2n) is 5.32. The van der Waals surface area contributed by atoms with Crippen molar-refractivity contribution in [3.8, 4) is 0 Å². The smallest absolute Gasteiger partial charge is 0.305 e. The Bertz CT molecular complexity index is 596. The van der Waals surface area contributed by atoms with Crippen LogP contribution >= 0.6 is 15.9 Å². The molecular formula is C12H17BrN2O4S. The van der Waals surface area contributed by atoms with Crippen molar-refractivity contribution in [1.82, 2.24) is 9.71 Å². The molecule has 0 saturated carbocycles. The Kier molecular flexibility index (Phi) is 5.28. The maximum absolute atomic E-state index is 12.2. The molecule has 1 aromatic heterocycles. The molecule has 0 aliphatic heterocycles. The van der Waals surface area contributed by atoms with Crippen LogP contribution in [-0.2, 0) is 14.8 Å². The maximum Gasteiger partial charge on any atom is 0.305 e. The van der Waals surface area contributed by atoms with Gasteiger partial charge in [0, 0.05) is 16.9 Å². The SMILES string of the molecule is CC(C)(C)S(=O)(=O)N[C@H](CC(=O)O)c1cncc(Br)c1. The molecule has 20 heavy (non-hydrogen) atoms. The molecule has 0 radical (unpaired) electrons. The summed E-state index contributed by atoms with van der Waals surface area (Å²) in [6.45, 7) is 4.64. The number of aliphatic carboxylic acids is 1. The summed E-state index contributed by atoms with van der Waals surface area (Å²) in [4.78, 5) is 14.9. The molecule has 1 rings (SSSR count). The van der Waals surface area contributed by atoms with Crippen molar-refractivity contribution in [3.05, 3.63) is 28.5 Å². The van der Waals surface area contributed by atoms with Crippen molar-refractivity contribution in [2.24, 2.45) is 0 Å². The van der Waals surface area contributed by atoms with Gasteiger partial charge in [-0.25, -0.2) is 13.1 Å². The number of carbonyl (C=O) groups is 1. The third-order valence-corrected chi connectivity index (χ3v) is 5.25. The lowest BCUT2D eigenvalue weighted by atomic mass is 10.1. The zero-order chi connectivity index (χ0) is 15.6. The summed E-state index contributed by atoms with van der Waals surface area (Å²) in [7, 11) is -3.66. The second-order valence-corrected chi connectivity index (χ2v) is 8.70. The summed E-state index contributed by atoms with van der Waals surface area (Å²) in [6.07, 6.45) is 2.64. The van der Waals surface area contributed by atoms with Gasteiger partial charge in [-0.15, -0.1) is 0 Å². The first-order chi connectivity index (χ1) is 9.03. The van der Waals surface area contributed by atoms with Crippen molar-refractivity contribution in [3.63, 3.8) is 0 Å². The van der Waals surface area contributed by atoms with Crippen LogP contribution in [0.5, 0.6) is 0 Å². The fourth-order valence-corrected chi connectivity index (χ4v) is 2.72. The fourth-order valence-electron chi connectivity index (χ4n) is 1.39. The quantitative estimate of drug-likeness (QED) is 0.833. The predicted octanol–water partition coefficient (Wildman–Crippen LogP) is 2.08. The Labute approximate surface area is 126 Å². The first-order valence-corrected chi connectivity index (χ1v) is 8.14. The molecule has 0 aliphatic carbocycles. The molecule has 0 aromatic carbocycles. The van der Waals surface area contributed by atoms with Crippen LogP contribution < -0.4 is 4.72 Å². The van der Waals surface area contributed by atoms with Crippen LogP contribution in [0.1, 0.15) is 38.8 Å². The molecule has 0 unspecified atom stereocenters. The minimum absolute atomic E-state index is 0.354. The summed E-state index contributed by atoms with van der Waals surface area (Å²) < 4.78 is 26.4. The predicted molar refractivity (Wildman–Crippen MR) is 78.7 cm³/mol. The Hall–Kier alpha value is -0.990. The summed E-state index contributed by atoms with van der Waals surface area (Å²) in [5, 5.41) is 8.95. The average Bonchev–Trinajstić information content (AvgIpc) is 2.25. The molecule has 0 saturated heterocycles. The summed E-state index contributed by atoms with van der Waals surface area (Å²) in [6, 6.07) is 0.785. The molecule has 0 bridgehead atoms. The van der Waals surface area contributed by atoms with Crippen molar-refractivity contribution in [1.29, 1.82) is 0 Å². The van der Waals surface area contributed by atoms with E-state index < -0.39 is 26.8 Å². The minimum atomic E-state index is -3.66. The molecule has 6 nitrogen and oxygen atoms in total. The van der Waals surface area contributed by atoms with E-state index in [2.05, 4.69) is 25.6 Å². The second kappa shape index (κ2) is 6.19. The molecule has 0 fully saturated rings. The Morgan fingerprint density at radius 1 is 1.45 bits per heavy atom. The van der Waals surface area contributed by atoms with E-state index in [0.717, 1.165) is 0 Å². The van der Waals surface area contributed by atoms with Crippen molar-refractivity contribution in [2.75, 3.05) is 0 Å². The molecule has 1 heterocycles. The molecule has 0 amide bonds. The van der Waals surface area contributed by atoms with Crippen LogP contribution in [0.15, 0.2) is 22.9 Å². The zero-order valence-electron chi connectivity index (χ0n) is 11.4. The number of sulfonamides is 1. The van der Waals surface area contributed by atoms with Crippen molar-refractivity contribution in [2.45, 2.75) is 38.0 Å². The van der Waals surface area contributed by atoms with Gasteiger partial charge in [-0.05, 0) is 48.3 Å². The number of nitrogens with zero attached hydrogens (tertiary/aromatic N) is 1. The number of rotatable bonds is 5. The van der Waals surface area contributed by atoms with Gasteiger partial charge in [-0.2, -0.15) is 0 Å². The van der Waals surface area contributed by atoms with Crippen molar-refractivity contribution < 1.29 is 18.3 Å². The molecule has 2 N–H and O–H groups in total. The number of pyridine rings is 1. The number of carboxylic acids is 1. The zero-order valence-corrected chi connectivity index (χ0v) is 13.8. The van der Waals surface area contributed by atoms with Crippen molar-refractivity contribution >= 4 is 31.9 Å². The van der Waals surface area contributed by atoms with E-state index in [9.17, 15) is 13.2 Å². The average molecular weight is 365 g/mol. The number of hydrogen-bond donors (Lipinski definition) is 2. The highest BCUT2D eigenvalue weighted by Gasteiger charge is 2.32. The lowest BCUT2D eigenvalue weighted by molar-refractivity contribution is -0.137. The highest BCUT2D eigenvalue weighted by Crippen LogP contribution is 2.23. The van der Waals surface area contributed by atoms with E-state index in [1.165, 1.54) is 6.20 Å². The Morgan fingerprint density at radius 2 is 2.05 bits per heavy atom. The molecule has 8 heteroatoms. The highest BCUT2D eigenvalue weighted by atomic mass is 79.9. The lowest BCUT2D eigenvalue weighted by Gasteiger charge is -2.24. The highest BCUT2D eigenvalue weighted by molar-refractivity contribution is 9.10. The van der Waals surface area contributed by atoms with E-state index in [4.69, 9.17) is 5.11 Å². The van der Waals surface area contributed by atoms with Crippen LogP contribution in [-0.4, -0.2) is 29.2 Å². The van der Waals surface area contributed by atoms with Gasteiger partial charge >= 0.3 is 5.97 Å². The third-order valence-electron chi connectivity index (χ3n) is 2.61. The monoisotopic (exact) mass is 364 g/mol. The molecule has 0 spiro atoms. The van der Waals surface area contributed by atoms with E-state index >= 15 is 0 Å². The topological polar surface area (TPSA) is 96.4 Å². The van der Waals surface area contributed by atoms with Crippen LogP contribution in [0.3, 0.4) is 0 Å². The number of nitrogens with one attached hydrogen (secondary N) is 1. The molecule has 0 aliphatic rings. The number of hydrogen-bond acceptors (Lipinski definition) is 4. The first kappa shape index (κ1) is 17.1. The van der Waals surface area contributed by atoms with E-state index in [1.807, 2.05) is 0 Å². The summed E-state index contributed by atoms with van der Waals surface area (Å²) in [5.74, 6) is -1.09. The van der Waals surface area contributed by atoms with Gasteiger partial charge < -0.3 is 5.11 Å². The molecule has 112 valence electrons. The summed E-state index contributed by atoms with van der Waals surface area (Å²) >= 11 is 3.23. The van der Waals surface area contributed by atoms with Crippen LogP contribution in [0.25, 0.3) is 0 Å². The largest absolute Gasteiger partial charge is 0.481 e. The first-order valence-electron chi connectivity index (χ1n) is 5.87.